The lowest BCUT2D eigenvalue weighted by Gasteiger charge is -2.69. The molecule has 4 fully saturated rings. The van der Waals surface area contributed by atoms with Gasteiger partial charge in [0, 0.05) is 42.2 Å². The van der Waals surface area contributed by atoms with Gasteiger partial charge in [0.15, 0.2) is 23.8 Å². The Kier molecular flexibility index (Phi) is 29.5. The number of nitrogens with two attached hydrogens (primary N) is 1. The van der Waals surface area contributed by atoms with Crippen molar-refractivity contribution in [2.24, 2.45) is 23.5 Å². The van der Waals surface area contributed by atoms with Gasteiger partial charge in [-0.25, -0.2) is 4.79 Å². The summed E-state index contributed by atoms with van der Waals surface area (Å²) >= 11 is 14.4. The monoisotopic (exact) mass is 1900 g/mol. The maximum absolute atomic E-state index is 16.5. The number of likely N-dealkylation sites (N-methyl/N-ethyl adjacent to an activating group) is 1. The van der Waals surface area contributed by atoms with Gasteiger partial charge < -0.3 is 158 Å². The molecule has 7 aromatic rings. The topological polar surface area (TPSA) is 619 Å². The third-order valence-corrected chi connectivity index (χ3v) is 25.5. The Morgan fingerprint density at radius 2 is 1.23 bits per heavy atom. The number of carboxylic acids is 1. The van der Waals surface area contributed by atoms with Crippen LogP contribution in [-0.4, -0.2) is 256 Å². The maximum Gasteiger partial charge on any atom is 0.416 e. The maximum atomic E-state index is 16.5. The summed E-state index contributed by atoms with van der Waals surface area (Å²) in [7, 11) is 1.45. The lowest BCUT2D eigenvalue weighted by molar-refractivity contribution is -0.333. The molecule has 7 unspecified atom stereocenters. The molecule has 714 valence electrons. The minimum Gasteiger partial charge on any atom is -0.507 e. The number of aliphatic hydroxyl groups is 10. The zero-order valence-electron chi connectivity index (χ0n) is 71.1. The lowest BCUT2D eigenvalue weighted by Crippen LogP contribution is -2.83. The van der Waals surface area contributed by atoms with Crippen molar-refractivity contribution in [3.63, 3.8) is 0 Å². The second-order valence-corrected chi connectivity index (χ2v) is 34.8. The van der Waals surface area contributed by atoms with Crippen molar-refractivity contribution in [2.45, 2.75) is 193 Å². The molecule has 39 nitrogen and oxygen atoms in total. The number of benzene rings is 7. The molecule has 0 radical (unpaired) electrons. The minimum absolute atomic E-state index is 0.0151. The van der Waals surface area contributed by atoms with Crippen LogP contribution in [0.1, 0.15) is 115 Å². The van der Waals surface area contributed by atoms with E-state index in [4.69, 9.17) is 62.1 Å². The van der Waals surface area contributed by atoms with E-state index in [1.807, 2.05) is 0 Å². The highest BCUT2D eigenvalue weighted by Crippen LogP contribution is 2.60. The van der Waals surface area contributed by atoms with Gasteiger partial charge in [-0.1, -0.05) is 98.6 Å². The van der Waals surface area contributed by atoms with Crippen molar-refractivity contribution in [1.29, 1.82) is 0 Å². The molecule has 25 N–H and O–H groups in total. The summed E-state index contributed by atoms with van der Waals surface area (Å²) in [5, 5.41) is 183. The van der Waals surface area contributed by atoms with Gasteiger partial charge in [-0.2, -0.15) is 13.2 Å². The van der Waals surface area contributed by atoms with E-state index in [-0.39, 0.29) is 55.3 Å². The fraction of sp³-hybridized carbons (Fsp3) is 0.438. The molecule has 7 aromatic carbocycles. The highest BCUT2D eigenvalue weighted by Gasteiger charge is 2.71. The number of alkyl halides is 3. The fourth-order valence-electron chi connectivity index (χ4n) is 17.8. The molecule has 44 heteroatoms. The van der Waals surface area contributed by atoms with Crippen molar-refractivity contribution in [2.75, 3.05) is 33.4 Å². The highest BCUT2D eigenvalue weighted by atomic mass is 35.5. The predicted octanol–water partition coefficient (Wildman–Crippen LogP) is 1.41. The van der Waals surface area contributed by atoms with Crippen LogP contribution >= 0.6 is 23.2 Å². The number of hydrogen-bond donors (Lipinski definition) is 24. The van der Waals surface area contributed by atoms with Gasteiger partial charge >= 0.3 is 12.1 Å². The number of primary amides is 1. The van der Waals surface area contributed by atoms with Crippen LogP contribution in [0.2, 0.25) is 10.0 Å². The van der Waals surface area contributed by atoms with E-state index < -0.39 is 314 Å². The highest BCUT2D eigenvalue weighted by molar-refractivity contribution is 6.32. The summed E-state index contributed by atoms with van der Waals surface area (Å²) in [5.41, 5.74) is 1.83. The first-order valence-corrected chi connectivity index (χ1v) is 43.1. The smallest absolute Gasteiger partial charge is 0.416 e. The first-order chi connectivity index (χ1) is 63.1. The molecule has 2 saturated carbocycles. The molecular weight excluding hydrogens is 1800 g/mol. The van der Waals surface area contributed by atoms with E-state index in [2.05, 4.69) is 47.9 Å². The number of hydrogen-bond acceptors (Lipinski definition) is 31. The van der Waals surface area contributed by atoms with Gasteiger partial charge in [0.05, 0.1) is 71.2 Å². The normalized spacial score (nSPS) is 29.5. The summed E-state index contributed by atoms with van der Waals surface area (Å²) in [5.74, 6) is -18.2. The van der Waals surface area contributed by atoms with Crippen LogP contribution in [0, 0.1) is 17.8 Å². The third kappa shape index (κ3) is 20.2. The molecule has 7 heterocycles. The number of ether oxygens (including phenoxy) is 7. The fourth-order valence-corrected chi connectivity index (χ4v) is 18.2. The molecule has 0 aromatic heterocycles. The molecule has 11 bridgehead atoms. The Balaban J connectivity index is 0.897. The number of fused-ring (bicyclic) bond motifs is 16. The number of carbonyl (C=O) groups excluding carboxylic acids is 7. The van der Waals surface area contributed by atoms with Crippen LogP contribution < -0.4 is 67.8 Å². The summed E-state index contributed by atoms with van der Waals surface area (Å²) < 4.78 is 84.8. The average Bonchev–Trinajstić information content (AvgIpc) is 0.680. The number of aliphatic hydroxyl groups excluding tert-OH is 10. The average molecular weight is 1900 g/mol. The number of rotatable bonds is 24. The largest absolute Gasteiger partial charge is 0.507 e. The molecule has 16 rings (SSSR count). The van der Waals surface area contributed by atoms with Gasteiger partial charge in [0.2, 0.25) is 53.4 Å². The van der Waals surface area contributed by atoms with Crippen molar-refractivity contribution < 1.29 is 156 Å². The molecule has 7 aliphatic heterocycles. The van der Waals surface area contributed by atoms with E-state index >= 15 is 24.0 Å². The Morgan fingerprint density at radius 1 is 0.639 bits per heavy atom. The predicted molar refractivity (Wildman–Crippen MR) is 457 cm³/mol. The Labute approximate surface area is 764 Å². The van der Waals surface area contributed by atoms with Crippen molar-refractivity contribution >= 4 is 70.5 Å². The van der Waals surface area contributed by atoms with Gasteiger partial charge in [0.25, 0.3) is 0 Å². The Hall–Kier alpha value is -11.2. The number of phenols is 3. The van der Waals surface area contributed by atoms with E-state index in [1.54, 1.807) is 45.0 Å². The van der Waals surface area contributed by atoms with Crippen molar-refractivity contribution in [3.05, 3.63) is 176 Å². The first kappa shape index (κ1) is 97.8. The number of amides is 7. The lowest BCUT2D eigenvalue weighted by atomic mass is 9.44. The minimum atomic E-state index is -4.55. The number of carboxylic acid groups (broad SMARTS) is 1. The molecule has 2 saturated heterocycles. The van der Waals surface area contributed by atoms with E-state index in [0.29, 0.717) is 16.7 Å². The number of carbonyl (C=O) groups is 8. The summed E-state index contributed by atoms with van der Waals surface area (Å²) in [6.07, 6.45) is -29.8. The number of aliphatic carboxylic acids is 1. The van der Waals surface area contributed by atoms with Crippen LogP contribution in [-0.2, 0) is 76.6 Å². The summed E-state index contributed by atoms with van der Waals surface area (Å²) in [6.45, 7) is 2.49. The number of nitrogens with one attached hydrogen (secondary N) is 9. The van der Waals surface area contributed by atoms with Crippen molar-refractivity contribution in [3.8, 4) is 68.2 Å². The van der Waals surface area contributed by atoms with Crippen molar-refractivity contribution in [1.82, 2.24) is 47.9 Å². The molecule has 133 heavy (non-hydrogen) atoms. The second kappa shape index (κ2) is 40.1. The number of phenolic OH excluding ortho intramolecular Hbond substituents is 3. The van der Waals surface area contributed by atoms with E-state index in [0.717, 1.165) is 72.8 Å². The standard InChI is InChI=1S/C89H99Cl2F3N10O29/c1-34(2)21-49(96-4)79(119)103-66-68(110)40-12-17-53(47(90)23-40)128-55-25-42-26-56(76(55)133-87-77(74(116)72(114)59(33-106)132-87)130-57-29-88(62(57)35(3)78(88)118)98-30-36-5-7-37(8-6-36)38-9-14-43(15-10-38)89(92,93)94)129-54-18-13-41(24-48(54)91)69(111)67-84(124)102-65(85(125)126)45-27-52(108)46(31-97-19-20-127-86-75(117)73(115)71(113)58(32-105)131-86)70(112)61(45)44-22-39(11-16-51(44)107)63(81(121)104-67)101-82(122)64(42)100-80(120)50(28-60(95)109)99-83(66)123/h5-18,22-27,34-35,49-50,57-59,62-69,71-75,77-78,86-87,96-98,105-108,110-118H,19-21,28-33H2,1-4H3,(H2,95,109)(H,99,123)(H,100,120)(H,101,122)(H,102,124)(H,103,119)(H,104,121)(H,125,126)/t35-,49-,50+,57+,58?,59-,62?,63+,64-,65+,66-,67+,68-,69-,71+,72?,73?,74?,75?,77-,78-,86-,87+,88?/m1/s1. The molecule has 7 amide bonds. The quantitative estimate of drug-likeness (QED) is 0.0380. The van der Waals surface area contributed by atoms with Crippen LogP contribution in [0.4, 0.5) is 13.2 Å². The van der Waals surface area contributed by atoms with Gasteiger partial charge in [-0.05, 0) is 137 Å². The number of aromatic hydroxyl groups is 3. The molecule has 9 aliphatic rings. The first-order valence-electron chi connectivity index (χ1n) is 42.3. The molecule has 24 atom stereocenters. The van der Waals surface area contributed by atoms with Crippen LogP contribution in [0.5, 0.6) is 46.0 Å². The second-order valence-electron chi connectivity index (χ2n) is 34.0. The summed E-state index contributed by atoms with van der Waals surface area (Å²) in [6, 6.07) is 9.04. The molecule has 2 aliphatic carbocycles. The Morgan fingerprint density at radius 3 is 1.82 bits per heavy atom. The zero-order chi connectivity index (χ0) is 96.0. The van der Waals surface area contributed by atoms with Crippen LogP contribution in [0.25, 0.3) is 22.3 Å². The molecule has 0 spiro atoms. The number of halogens is 5. The van der Waals surface area contributed by atoms with Gasteiger partial charge in [-0.3, -0.25) is 33.6 Å². The zero-order valence-corrected chi connectivity index (χ0v) is 72.6. The SMILES string of the molecule is CN[C@H](CC(C)C)C(=O)N[C@H]1C(=O)N[C@@H](CC(N)=O)C(=O)N[C@H]2C(=O)N[C@@H]3C(=O)N[C@H](C(=O)N[C@H](C(=O)O)c4cc(O)c(CNCCO[C@@H]5OC(CO)[C@H](O)C(O)C5O)c(O)c4-c4cc3ccc4O)[C@H](O)c3ccc(c(Cl)c3)Oc3cc2cc(c3O[C@@H]2O[C@H](CO)C(O)C(O)[C@H]2O[C@H]2CC3(NCc4ccc(-c5ccc(C(F)(F)F)cc5)cc4)C2[C@@H](C)[C@H]3O)Oc2ccc(cc2Cl)[C@H]1O. The van der Waals surface area contributed by atoms with Crippen LogP contribution in [0.15, 0.2) is 121 Å². The van der Waals surface area contributed by atoms with E-state index in [9.17, 15) is 99.0 Å². The van der Waals surface area contributed by atoms with Gasteiger partial charge in [-0.15, -0.1) is 0 Å². The Bertz CT molecular complexity index is 5560. The molecular formula is C89H99Cl2F3N10O29. The van der Waals surface area contributed by atoms with E-state index in [1.165, 1.54) is 31.3 Å². The summed E-state index contributed by atoms with van der Waals surface area (Å²) in [4.78, 5) is 120. The third-order valence-electron chi connectivity index (χ3n) is 24.9. The van der Waals surface area contributed by atoms with Crippen LogP contribution in [0.3, 0.4) is 0 Å². The van der Waals surface area contributed by atoms with Gasteiger partial charge in [0.1, 0.15) is 120 Å².